The second-order valence-electron chi connectivity index (χ2n) is 8.00. The highest BCUT2D eigenvalue weighted by molar-refractivity contribution is 14.0. The number of guanidine groups is 1. The molecule has 1 aliphatic carbocycles. The molecule has 2 rings (SSSR count). The Kier molecular flexibility index (Phi) is 11.3. The van der Waals surface area contributed by atoms with Gasteiger partial charge >= 0.3 is 0 Å². The van der Waals surface area contributed by atoms with Crippen LogP contribution in [0.15, 0.2) is 17.4 Å². The molecule has 1 aromatic rings. The van der Waals surface area contributed by atoms with Gasteiger partial charge in [0.2, 0.25) is 0 Å². The molecule has 0 bridgehead atoms. The van der Waals surface area contributed by atoms with E-state index in [0.29, 0.717) is 6.54 Å². The number of nitrogens with zero attached hydrogens (tertiary/aromatic N) is 4. The van der Waals surface area contributed by atoms with Gasteiger partial charge in [-0.1, -0.05) is 26.2 Å². The molecule has 156 valence electrons. The lowest BCUT2D eigenvalue weighted by Crippen LogP contribution is -2.39. The van der Waals surface area contributed by atoms with Crippen LogP contribution in [0.1, 0.15) is 57.6 Å². The Morgan fingerprint density at radius 1 is 1.37 bits per heavy atom. The Bertz CT molecular complexity index is 556. The third-order valence-corrected chi connectivity index (χ3v) is 5.39. The predicted molar refractivity (Wildman–Crippen MR) is 125 cm³/mol. The molecule has 0 spiro atoms. The lowest BCUT2D eigenvalue weighted by Gasteiger charge is -2.27. The fourth-order valence-electron chi connectivity index (χ4n) is 3.92. The molecule has 0 aromatic carbocycles. The van der Waals surface area contributed by atoms with Crippen molar-refractivity contribution < 1.29 is 0 Å². The fourth-order valence-corrected chi connectivity index (χ4v) is 3.92. The molecule has 2 N–H and O–H groups in total. The van der Waals surface area contributed by atoms with E-state index in [-0.39, 0.29) is 30.0 Å². The van der Waals surface area contributed by atoms with Crippen LogP contribution in [-0.2, 0) is 7.05 Å². The number of nitrogens with one attached hydrogen (secondary N) is 2. The topological polar surface area (TPSA) is 57.5 Å². The Morgan fingerprint density at radius 2 is 2.15 bits per heavy atom. The number of aromatic nitrogens is 2. The van der Waals surface area contributed by atoms with Gasteiger partial charge in [-0.25, -0.2) is 0 Å². The van der Waals surface area contributed by atoms with Crippen molar-refractivity contribution >= 4 is 29.9 Å². The first-order valence-corrected chi connectivity index (χ1v) is 10.2. The van der Waals surface area contributed by atoms with Crippen LogP contribution in [0.5, 0.6) is 0 Å². The normalized spacial score (nSPS) is 21.6. The zero-order valence-corrected chi connectivity index (χ0v) is 20.1. The largest absolute Gasteiger partial charge is 0.357 e. The second kappa shape index (κ2) is 12.6. The summed E-state index contributed by atoms with van der Waals surface area (Å²) in [4.78, 5) is 7.04. The summed E-state index contributed by atoms with van der Waals surface area (Å²) < 4.78 is 1.85. The molecule has 27 heavy (non-hydrogen) atoms. The Labute approximate surface area is 182 Å². The van der Waals surface area contributed by atoms with Crippen LogP contribution in [0.25, 0.3) is 0 Å². The van der Waals surface area contributed by atoms with E-state index in [0.717, 1.165) is 30.9 Å². The molecule has 3 unspecified atom stereocenters. The van der Waals surface area contributed by atoms with Crippen molar-refractivity contribution in [2.45, 2.75) is 52.0 Å². The summed E-state index contributed by atoms with van der Waals surface area (Å²) in [5.41, 5.74) is 1.20. The van der Waals surface area contributed by atoms with Gasteiger partial charge in [-0.2, -0.15) is 5.10 Å². The molecule has 0 aliphatic heterocycles. The average Bonchev–Trinajstić information content (AvgIpc) is 3.01. The number of aliphatic imine (C=N–C) groups is 1. The van der Waals surface area contributed by atoms with E-state index >= 15 is 0 Å². The summed E-state index contributed by atoms with van der Waals surface area (Å²) in [6.45, 7) is 7.11. The van der Waals surface area contributed by atoms with Gasteiger partial charge < -0.3 is 15.5 Å². The Balaban J connectivity index is 0.00000364. The number of aryl methyl sites for hydroxylation is 1. The molecule has 6 nitrogen and oxygen atoms in total. The van der Waals surface area contributed by atoms with Gasteiger partial charge in [0.05, 0.1) is 18.8 Å². The minimum atomic E-state index is 0. The smallest absolute Gasteiger partial charge is 0.191 e. The number of rotatable bonds is 8. The standard InChI is InChI=1S/C20H38N6.HI/c1-6-21-20(22-11-10-17-9-7-8-16(2)12-17)23-14-19(25(3)4)18-13-24-26(5)15-18;/h13,15-17,19H,6-12,14H2,1-5H3,(H2,21,22,23);1H. The van der Waals surface area contributed by atoms with Crippen LogP contribution in [0.2, 0.25) is 0 Å². The lowest BCUT2D eigenvalue weighted by molar-refractivity contribution is 0.270. The first-order valence-electron chi connectivity index (χ1n) is 10.2. The number of hydrogen-bond donors (Lipinski definition) is 2. The zero-order valence-electron chi connectivity index (χ0n) is 17.7. The quantitative estimate of drug-likeness (QED) is 0.333. The van der Waals surface area contributed by atoms with E-state index in [1.165, 1.54) is 37.7 Å². The van der Waals surface area contributed by atoms with E-state index < -0.39 is 0 Å². The molecular formula is C20H39IN6. The predicted octanol–water partition coefficient (Wildman–Crippen LogP) is 3.41. The van der Waals surface area contributed by atoms with Crippen LogP contribution in [0.3, 0.4) is 0 Å². The van der Waals surface area contributed by atoms with Crippen LogP contribution < -0.4 is 10.6 Å². The summed E-state index contributed by atoms with van der Waals surface area (Å²) in [6.07, 6.45) is 10.8. The van der Waals surface area contributed by atoms with E-state index in [1.54, 1.807) is 0 Å². The van der Waals surface area contributed by atoms with E-state index in [1.807, 2.05) is 17.9 Å². The molecule has 0 radical (unpaired) electrons. The van der Waals surface area contributed by atoms with Crippen molar-refractivity contribution in [3.05, 3.63) is 18.0 Å². The van der Waals surface area contributed by atoms with Gasteiger partial charge in [-0.15, -0.1) is 24.0 Å². The summed E-state index contributed by atoms with van der Waals surface area (Å²) in [7, 11) is 6.15. The summed E-state index contributed by atoms with van der Waals surface area (Å²) >= 11 is 0. The molecule has 0 amide bonds. The molecular weight excluding hydrogens is 451 g/mol. The van der Waals surface area contributed by atoms with Crippen LogP contribution in [0, 0.1) is 11.8 Å². The number of halogens is 1. The van der Waals surface area contributed by atoms with E-state index in [4.69, 9.17) is 4.99 Å². The highest BCUT2D eigenvalue weighted by Gasteiger charge is 2.19. The first kappa shape index (κ1) is 24.2. The van der Waals surface area contributed by atoms with Crippen LogP contribution in [0.4, 0.5) is 0 Å². The molecule has 3 atom stereocenters. The minimum Gasteiger partial charge on any atom is -0.357 e. The number of hydrogen-bond acceptors (Lipinski definition) is 3. The highest BCUT2D eigenvalue weighted by Crippen LogP contribution is 2.30. The molecule has 0 saturated heterocycles. The fraction of sp³-hybridized carbons (Fsp3) is 0.800. The van der Waals surface area contributed by atoms with Crippen molar-refractivity contribution in [1.82, 2.24) is 25.3 Å². The average molecular weight is 490 g/mol. The summed E-state index contributed by atoms with van der Waals surface area (Å²) in [6, 6.07) is 0.235. The van der Waals surface area contributed by atoms with Gasteiger partial charge in [0.1, 0.15) is 0 Å². The van der Waals surface area contributed by atoms with Crippen LogP contribution >= 0.6 is 24.0 Å². The van der Waals surface area contributed by atoms with E-state index in [2.05, 4.69) is 54.8 Å². The van der Waals surface area contributed by atoms with Gasteiger partial charge in [0, 0.05) is 31.9 Å². The Morgan fingerprint density at radius 3 is 2.74 bits per heavy atom. The summed E-state index contributed by atoms with van der Waals surface area (Å²) in [5.74, 6) is 2.70. The van der Waals surface area contributed by atoms with Crippen LogP contribution in [-0.4, -0.2) is 54.4 Å². The van der Waals surface area contributed by atoms with E-state index in [9.17, 15) is 0 Å². The van der Waals surface area contributed by atoms with Gasteiger partial charge in [0.15, 0.2) is 5.96 Å². The molecule has 1 aromatic heterocycles. The minimum absolute atomic E-state index is 0. The van der Waals surface area contributed by atoms with Crippen molar-refractivity contribution in [3.8, 4) is 0 Å². The summed E-state index contributed by atoms with van der Waals surface area (Å²) in [5, 5.41) is 11.2. The maximum Gasteiger partial charge on any atom is 0.191 e. The lowest BCUT2D eigenvalue weighted by atomic mass is 9.81. The molecule has 1 aliphatic rings. The molecule has 1 fully saturated rings. The third kappa shape index (κ3) is 8.37. The Hall–Kier alpha value is -0.830. The maximum atomic E-state index is 4.83. The third-order valence-electron chi connectivity index (χ3n) is 5.39. The second-order valence-corrected chi connectivity index (χ2v) is 8.00. The SMILES string of the molecule is CCNC(=NCC(c1cnn(C)c1)N(C)C)NCCC1CCCC(C)C1.I. The van der Waals surface area contributed by atoms with Crippen molar-refractivity contribution in [1.29, 1.82) is 0 Å². The first-order chi connectivity index (χ1) is 12.5. The van der Waals surface area contributed by atoms with Crippen molar-refractivity contribution in [2.75, 3.05) is 33.7 Å². The molecule has 7 heteroatoms. The van der Waals surface area contributed by atoms with Crippen molar-refractivity contribution in [2.24, 2.45) is 23.9 Å². The molecule has 1 saturated carbocycles. The number of likely N-dealkylation sites (N-methyl/N-ethyl adjacent to an activating group) is 1. The van der Waals surface area contributed by atoms with Gasteiger partial charge in [0.25, 0.3) is 0 Å². The van der Waals surface area contributed by atoms with Gasteiger partial charge in [-0.3, -0.25) is 9.67 Å². The van der Waals surface area contributed by atoms with Gasteiger partial charge in [-0.05, 0) is 45.7 Å². The highest BCUT2D eigenvalue weighted by atomic mass is 127. The molecule has 1 heterocycles. The zero-order chi connectivity index (χ0) is 18.9. The van der Waals surface area contributed by atoms with Crippen molar-refractivity contribution in [3.63, 3.8) is 0 Å². The maximum absolute atomic E-state index is 4.83. The monoisotopic (exact) mass is 490 g/mol.